The van der Waals surface area contributed by atoms with Crippen LogP contribution in [0.3, 0.4) is 0 Å². The van der Waals surface area contributed by atoms with E-state index in [9.17, 15) is 23.4 Å². The lowest BCUT2D eigenvalue weighted by molar-refractivity contribution is 0.0702. The van der Waals surface area contributed by atoms with Crippen molar-refractivity contribution in [2.75, 3.05) is 13.2 Å². The van der Waals surface area contributed by atoms with E-state index < -0.39 is 34.7 Å². The van der Waals surface area contributed by atoms with E-state index in [0.29, 0.717) is 0 Å². The maximum absolute atomic E-state index is 12.0. The summed E-state index contributed by atoms with van der Waals surface area (Å²) in [7, 11) is -3.99. The van der Waals surface area contributed by atoms with Gasteiger partial charge >= 0.3 is 5.97 Å². The maximum Gasteiger partial charge on any atom is 0.345 e. The van der Waals surface area contributed by atoms with Gasteiger partial charge < -0.3 is 15.3 Å². The Kier molecular flexibility index (Phi) is 5.04. The van der Waals surface area contributed by atoms with Crippen molar-refractivity contribution in [3.8, 4) is 0 Å². The van der Waals surface area contributed by atoms with Gasteiger partial charge in [0.05, 0.1) is 23.6 Å². The number of thiophene rings is 1. The van der Waals surface area contributed by atoms with Gasteiger partial charge in [-0.05, 0) is 12.5 Å². The van der Waals surface area contributed by atoms with Crippen LogP contribution in [0.1, 0.15) is 23.0 Å². The molecular formula is C10H15NO6S2. The molecule has 1 heterocycles. The lowest BCUT2D eigenvalue weighted by Crippen LogP contribution is -2.53. The van der Waals surface area contributed by atoms with E-state index >= 15 is 0 Å². The Morgan fingerprint density at radius 1 is 1.42 bits per heavy atom. The first-order chi connectivity index (χ1) is 8.80. The first-order valence-corrected chi connectivity index (χ1v) is 7.74. The first-order valence-electron chi connectivity index (χ1n) is 5.38. The molecule has 0 aliphatic heterocycles. The second-order valence-corrected chi connectivity index (χ2v) is 6.60. The molecule has 0 aliphatic carbocycles. The van der Waals surface area contributed by atoms with Crippen LogP contribution in [0.25, 0.3) is 0 Å². The largest absolute Gasteiger partial charge is 0.477 e. The minimum absolute atomic E-state index is 0.101. The fourth-order valence-electron chi connectivity index (χ4n) is 1.33. The summed E-state index contributed by atoms with van der Waals surface area (Å²) in [5, 5.41) is 28.3. The Bertz CT molecular complexity index is 538. The molecule has 0 unspecified atom stereocenters. The Morgan fingerprint density at radius 2 is 2.00 bits per heavy atom. The highest BCUT2D eigenvalue weighted by molar-refractivity contribution is 7.89. The number of aliphatic hydroxyl groups excluding tert-OH is 2. The monoisotopic (exact) mass is 309 g/mol. The van der Waals surface area contributed by atoms with Crippen LogP contribution in [0, 0.1) is 0 Å². The average molecular weight is 309 g/mol. The van der Waals surface area contributed by atoms with E-state index in [2.05, 4.69) is 4.72 Å². The zero-order chi connectivity index (χ0) is 14.7. The molecule has 0 bridgehead atoms. The molecule has 4 N–H and O–H groups in total. The zero-order valence-corrected chi connectivity index (χ0v) is 11.8. The lowest BCUT2D eigenvalue weighted by atomic mass is 10.0. The summed E-state index contributed by atoms with van der Waals surface area (Å²) in [6, 6.07) is 1.03. The molecule has 7 nitrogen and oxygen atoms in total. The van der Waals surface area contributed by atoms with Gasteiger partial charge in [0.2, 0.25) is 10.0 Å². The van der Waals surface area contributed by atoms with Crippen LogP contribution in [0.5, 0.6) is 0 Å². The summed E-state index contributed by atoms with van der Waals surface area (Å²) in [6.45, 7) is 0.496. The number of aromatic carboxylic acids is 1. The predicted molar refractivity (Wildman–Crippen MR) is 68.8 cm³/mol. The van der Waals surface area contributed by atoms with Gasteiger partial charge in [0.25, 0.3) is 0 Å². The number of nitrogens with one attached hydrogen (secondary N) is 1. The summed E-state index contributed by atoms with van der Waals surface area (Å²) >= 11 is 0.790. The van der Waals surface area contributed by atoms with Gasteiger partial charge in [-0.15, -0.1) is 11.3 Å². The Morgan fingerprint density at radius 3 is 2.37 bits per heavy atom. The molecule has 0 fully saturated rings. The molecule has 0 radical (unpaired) electrons. The third kappa shape index (κ3) is 3.51. The quantitative estimate of drug-likeness (QED) is 0.555. The van der Waals surface area contributed by atoms with Gasteiger partial charge in [0.1, 0.15) is 4.88 Å². The van der Waals surface area contributed by atoms with Crippen molar-refractivity contribution in [2.24, 2.45) is 0 Å². The van der Waals surface area contributed by atoms with Crippen LogP contribution in [-0.2, 0) is 10.0 Å². The van der Waals surface area contributed by atoms with Crippen molar-refractivity contribution in [1.82, 2.24) is 4.72 Å². The molecule has 0 saturated carbocycles. The van der Waals surface area contributed by atoms with Crippen LogP contribution in [0.4, 0.5) is 0 Å². The third-order valence-electron chi connectivity index (χ3n) is 2.73. The highest BCUT2D eigenvalue weighted by Gasteiger charge is 2.33. The van der Waals surface area contributed by atoms with Crippen molar-refractivity contribution in [1.29, 1.82) is 0 Å². The smallest absolute Gasteiger partial charge is 0.345 e. The van der Waals surface area contributed by atoms with Gasteiger partial charge in [0.15, 0.2) is 0 Å². The van der Waals surface area contributed by atoms with Gasteiger partial charge in [-0.2, -0.15) is 0 Å². The van der Waals surface area contributed by atoms with Crippen molar-refractivity contribution >= 4 is 27.3 Å². The molecule has 0 aromatic carbocycles. The van der Waals surface area contributed by atoms with Crippen molar-refractivity contribution in [3.63, 3.8) is 0 Å². The van der Waals surface area contributed by atoms with E-state index in [1.807, 2.05) is 0 Å². The summed E-state index contributed by atoms with van der Waals surface area (Å²) < 4.78 is 26.3. The molecule has 1 aromatic rings. The van der Waals surface area contributed by atoms with E-state index in [-0.39, 0.29) is 16.2 Å². The van der Waals surface area contributed by atoms with E-state index in [0.717, 1.165) is 17.4 Å². The van der Waals surface area contributed by atoms with Crippen LogP contribution in [0.2, 0.25) is 0 Å². The number of carbonyl (C=O) groups is 1. The van der Waals surface area contributed by atoms with Crippen molar-refractivity contribution in [2.45, 2.75) is 23.8 Å². The Labute approximate surface area is 114 Å². The zero-order valence-electron chi connectivity index (χ0n) is 10.2. The predicted octanol–water partition coefficient (Wildman–Crippen LogP) is -0.142. The van der Waals surface area contributed by atoms with Crippen molar-refractivity contribution < 1.29 is 28.5 Å². The number of hydrogen-bond donors (Lipinski definition) is 4. The van der Waals surface area contributed by atoms with E-state index in [4.69, 9.17) is 5.11 Å². The third-order valence-corrected chi connectivity index (χ3v) is 5.35. The Hall–Kier alpha value is -1.00. The molecule has 0 spiro atoms. The first kappa shape index (κ1) is 16.1. The summed E-state index contributed by atoms with van der Waals surface area (Å²) in [6.07, 6.45) is 0.190. The molecule has 0 aliphatic rings. The molecule has 1 rings (SSSR count). The van der Waals surface area contributed by atoms with E-state index in [1.165, 1.54) is 5.38 Å². The van der Waals surface area contributed by atoms with Crippen LogP contribution in [-0.4, -0.2) is 48.5 Å². The maximum atomic E-state index is 12.0. The molecule has 108 valence electrons. The van der Waals surface area contributed by atoms with Gasteiger partial charge in [0, 0.05) is 5.38 Å². The second-order valence-electron chi connectivity index (χ2n) is 4.01. The minimum atomic E-state index is -3.99. The normalized spacial score (nSPS) is 12.6. The van der Waals surface area contributed by atoms with Gasteiger partial charge in [-0.25, -0.2) is 17.9 Å². The molecule has 0 amide bonds. The fourth-order valence-corrected chi connectivity index (χ4v) is 3.89. The topological polar surface area (TPSA) is 124 Å². The standard InChI is InChI=1S/C10H15NO6S2/c1-2-10(5-12,6-13)11-19(16,17)7-3-8(9(14)15)18-4-7/h3-4,11-13H,2,5-6H2,1H3,(H,14,15). The van der Waals surface area contributed by atoms with Crippen LogP contribution < -0.4 is 4.72 Å². The Balaban J connectivity index is 3.06. The number of sulfonamides is 1. The SMILES string of the molecule is CCC(CO)(CO)NS(=O)(=O)c1csc(C(=O)O)c1. The van der Waals surface area contributed by atoms with Gasteiger partial charge in [-0.3, -0.25) is 0 Å². The summed E-state index contributed by atoms with van der Waals surface area (Å²) in [5.74, 6) is -1.21. The second kappa shape index (κ2) is 5.97. The molecular weight excluding hydrogens is 294 g/mol. The highest BCUT2D eigenvalue weighted by Crippen LogP contribution is 2.21. The number of carboxylic acid groups (broad SMARTS) is 1. The number of hydrogen-bond acceptors (Lipinski definition) is 6. The van der Waals surface area contributed by atoms with Crippen LogP contribution in [0.15, 0.2) is 16.3 Å². The van der Waals surface area contributed by atoms with Gasteiger partial charge in [-0.1, -0.05) is 6.92 Å². The molecule has 9 heteroatoms. The summed E-state index contributed by atoms with van der Waals surface area (Å²) in [4.78, 5) is 10.4. The van der Waals surface area contributed by atoms with E-state index in [1.54, 1.807) is 6.92 Å². The molecule has 19 heavy (non-hydrogen) atoms. The fraction of sp³-hybridized carbons (Fsp3) is 0.500. The average Bonchev–Trinajstić information content (AvgIpc) is 2.86. The number of aliphatic hydroxyl groups is 2. The highest BCUT2D eigenvalue weighted by atomic mass is 32.2. The number of rotatable bonds is 7. The molecule has 0 atom stereocenters. The van der Waals surface area contributed by atoms with Crippen LogP contribution >= 0.6 is 11.3 Å². The molecule has 0 saturated heterocycles. The minimum Gasteiger partial charge on any atom is -0.477 e. The number of carboxylic acids is 1. The van der Waals surface area contributed by atoms with Crippen molar-refractivity contribution in [3.05, 3.63) is 16.3 Å². The summed E-state index contributed by atoms with van der Waals surface area (Å²) in [5.41, 5.74) is -1.36. The lowest BCUT2D eigenvalue weighted by Gasteiger charge is -2.28. The molecule has 1 aromatic heterocycles.